The molecule has 1 aliphatic rings. The second-order valence-electron chi connectivity index (χ2n) is 9.31. The average molecular weight is 521 g/mol. The summed E-state index contributed by atoms with van der Waals surface area (Å²) >= 11 is 0. The number of allylic oxidation sites excluding steroid dienone is 13. The Hall–Kier alpha value is -3.74. The highest BCUT2D eigenvalue weighted by atomic mass is 16.3. The number of urea groups is 1. The lowest BCUT2D eigenvalue weighted by Gasteiger charge is -2.20. The summed E-state index contributed by atoms with van der Waals surface area (Å²) in [6.45, 7) is 12.3. The second kappa shape index (κ2) is 16.2. The van der Waals surface area contributed by atoms with Gasteiger partial charge in [0.05, 0.1) is 0 Å². The van der Waals surface area contributed by atoms with Crippen molar-refractivity contribution in [3.05, 3.63) is 98.9 Å². The number of imide groups is 1. The number of rotatable bonds is 11. The zero-order chi connectivity index (χ0) is 28.8. The van der Waals surface area contributed by atoms with Crippen molar-refractivity contribution in [3.63, 3.8) is 0 Å². The summed E-state index contributed by atoms with van der Waals surface area (Å²) in [4.78, 5) is 39.8. The van der Waals surface area contributed by atoms with E-state index in [-0.39, 0.29) is 5.70 Å². The van der Waals surface area contributed by atoms with E-state index in [2.05, 4.69) is 54.9 Å². The minimum Gasteiger partial charge on any atom is -0.377 e. The molecule has 0 aliphatic heterocycles. The lowest BCUT2D eigenvalue weighted by molar-refractivity contribution is -0.123. The number of nitroso groups, excluding NO2 is 1. The van der Waals surface area contributed by atoms with Crippen LogP contribution in [0, 0.1) is 4.91 Å². The van der Waals surface area contributed by atoms with Crippen LogP contribution < -0.4 is 5.32 Å². The zero-order valence-corrected chi connectivity index (χ0v) is 24.4. The molecule has 38 heavy (non-hydrogen) atoms. The number of nitrogens with zero attached hydrogens (tertiary/aromatic N) is 3. The highest BCUT2D eigenvalue weighted by Crippen LogP contribution is 2.39. The number of amides is 3. The van der Waals surface area contributed by atoms with Crippen molar-refractivity contribution in [1.82, 2.24) is 15.1 Å². The van der Waals surface area contributed by atoms with E-state index in [0.717, 1.165) is 52.2 Å². The Morgan fingerprint density at radius 1 is 1.11 bits per heavy atom. The summed E-state index contributed by atoms with van der Waals surface area (Å²) in [5.74, 6) is -0.734. The normalized spacial score (nSPS) is 18.3. The first kappa shape index (κ1) is 32.3. The molecule has 1 rings (SSSR count). The molecule has 0 bridgehead atoms. The van der Waals surface area contributed by atoms with Crippen molar-refractivity contribution in [2.45, 2.75) is 59.8 Å². The third-order valence-electron chi connectivity index (χ3n) is 6.39. The van der Waals surface area contributed by atoms with E-state index in [9.17, 15) is 14.5 Å². The van der Waals surface area contributed by atoms with Crippen molar-refractivity contribution < 1.29 is 9.59 Å². The standard InChI is InChI=1S/C31H44N4O3/c1-10-14-22(4)23(5)16-13-17-25(15-11-2)27(34(7)8)21-20-26-19-18-24(12-3)28(26)29(33-38)30(36)35(9)31(37)32-6/h12-14,16-17,20-21H,5,10-11,15,18-19H2,1-4,6-9H3,(H,32,37)/b16-13-,22-14-,24-12+,25-17+,26-20+,27-21+,29-28-. The molecule has 0 unspecified atom stereocenters. The predicted octanol–water partition coefficient (Wildman–Crippen LogP) is 7.11. The van der Waals surface area contributed by atoms with Gasteiger partial charge in [-0.2, -0.15) is 0 Å². The quantitative estimate of drug-likeness (QED) is 0.179. The van der Waals surface area contributed by atoms with Gasteiger partial charge in [-0.1, -0.05) is 63.3 Å². The number of likely N-dealkylation sites (N-methyl/N-ethyl adjacent to an activating group) is 2. The van der Waals surface area contributed by atoms with Gasteiger partial charge in [0.1, 0.15) is 0 Å². The Morgan fingerprint density at radius 2 is 1.76 bits per heavy atom. The van der Waals surface area contributed by atoms with Gasteiger partial charge in [-0.15, -0.1) is 4.91 Å². The predicted molar refractivity (Wildman–Crippen MR) is 158 cm³/mol. The molecule has 0 radical (unpaired) electrons. The molecule has 0 saturated heterocycles. The Labute approximate surface area is 228 Å². The molecule has 1 aliphatic carbocycles. The molecule has 0 aromatic rings. The van der Waals surface area contributed by atoms with Crippen LogP contribution >= 0.6 is 0 Å². The van der Waals surface area contributed by atoms with E-state index < -0.39 is 11.9 Å². The smallest absolute Gasteiger partial charge is 0.323 e. The van der Waals surface area contributed by atoms with E-state index in [1.807, 2.05) is 51.4 Å². The van der Waals surface area contributed by atoms with Crippen LogP contribution in [0.25, 0.3) is 0 Å². The summed E-state index contributed by atoms with van der Waals surface area (Å²) < 4.78 is 0. The maximum atomic E-state index is 13.0. The molecule has 0 aromatic carbocycles. The van der Waals surface area contributed by atoms with Gasteiger partial charge in [-0.25, -0.2) is 4.79 Å². The molecule has 3 amide bonds. The van der Waals surface area contributed by atoms with Crippen LogP contribution in [-0.4, -0.2) is 49.9 Å². The van der Waals surface area contributed by atoms with Crippen molar-refractivity contribution in [1.29, 1.82) is 0 Å². The molecule has 1 saturated carbocycles. The summed E-state index contributed by atoms with van der Waals surface area (Å²) in [6.07, 6.45) is 18.4. The molecular formula is C31H44N4O3. The van der Waals surface area contributed by atoms with Crippen LogP contribution in [0.5, 0.6) is 0 Å². The highest BCUT2D eigenvalue weighted by molar-refractivity contribution is 6.04. The highest BCUT2D eigenvalue weighted by Gasteiger charge is 2.30. The third-order valence-corrected chi connectivity index (χ3v) is 6.39. The minimum absolute atomic E-state index is 0.256. The van der Waals surface area contributed by atoms with Crippen LogP contribution in [0.15, 0.2) is 99.1 Å². The van der Waals surface area contributed by atoms with Crippen LogP contribution in [0.3, 0.4) is 0 Å². The van der Waals surface area contributed by atoms with Crippen molar-refractivity contribution in [3.8, 4) is 0 Å². The molecule has 0 spiro atoms. The topological polar surface area (TPSA) is 82.1 Å². The van der Waals surface area contributed by atoms with Gasteiger partial charge >= 0.3 is 6.03 Å². The number of carbonyl (C=O) groups is 2. The fourth-order valence-corrected chi connectivity index (χ4v) is 4.23. The van der Waals surface area contributed by atoms with E-state index >= 15 is 0 Å². The van der Waals surface area contributed by atoms with Crippen LogP contribution in [0.4, 0.5) is 4.79 Å². The first-order valence-electron chi connectivity index (χ1n) is 13.1. The Kier molecular flexibility index (Phi) is 13.7. The number of hydrogen-bond acceptors (Lipinski definition) is 5. The molecule has 0 atom stereocenters. The van der Waals surface area contributed by atoms with Gasteiger partial charge in [0, 0.05) is 39.5 Å². The van der Waals surface area contributed by atoms with E-state index in [1.54, 1.807) is 0 Å². The second-order valence-corrected chi connectivity index (χ2v) is 9.31. The van der Waals surface area contributed by atoms with Gasteiger partial charge in [-0.3, -0.25) is 9.69 Å². The fraction of sp³-hybridized carbons (Fsp3) is 0.419. The van der Waals surface area contributed by atoms with Gasteiger partial charge in [0.2, 0.25) is 0 Å². The summed E-state index contributed by atoms with van der Waals surface area (Å²) in [5, 5.41) is 5.48. The number of hydrogen-bond donors (Lipinski definition) is 1. The van der Waals surface area contributed by atoms with Gasteiger partial charge in [0.15, 0.2) is 5.70 Å². The third kappa shape index (κ3) is 8.68. The van der Waals surface area contributed by atoms with Crippen molar-refractivity contribution in [2.24, 2.45) is 5.18 Å². The SMILES string of the molecule is C=C(\C=C/C=C(CCC)/C(=C\C=C1/CCC(=C\C)/C1=C(/N=O)C(=O)N(C)C(=O)NC)N(C)C)/C(C)=C\CC. The summed E-state index contributed by atoms with van der Waals surface area (Å²) in [6, 6.07) is -0.609. The zero-order valence-electron chi connectivity index (χ0n) is 24.4. The molecule has 7 heteroatoms. The first-order valence-corrected chi connectivity index (χ1v) is 13.1. The lowest BCUT2D eigenvalue weighted by atomic mass is 10.0. The Morgan fingerprint density at radius 3 is 2.29 bits per heavy atom. The molecule has 206 valence electrons. The van der Waals surface area contributed by atoms with Crippen molar-refractivity contribution >= 4 is 11.9 Å². The monoisotopic (exact) mass is 520 g/mol. The van der Waals surface area contributed by atoms with Crippen molar-refractivity contribution in [2.75, 3.05) is 28.2 Å². The number of carbonyl (C=O) groups excluding carboxylic acids is 2. The number of nitrogens with one attached hydrogen (secondary N) is 1. The molecule has 7 nitrogen and oxygen atoms in total. The maximum absolute atomic E-state index is 13.0. The molecule has 1 fully saturated rings. The largest absolute Gasteiger partial charge is 0.377 e. The van der Waals surface area contributed by atoms with E-state index in [1.165, 1.54) is 19.7 Å². The Bertz CT molecular complexity index is 1130. The van der Waals surface area contributed by atoms with Gasteiger partial charge in [-0.05, 0) is 78.6 Å². The van der Waals surface area contributed by atoms with Gasteiger partial charge < -0.3 is 10.2 Å². The molecular weight excluding hydrogens is 476 g/mol. The molecule has 0 heterocycles. The fourth-order valence-electron chi connectivity index (χ4n) is 4.23. The van der Waals surface area contributed by atoms with Crippen LogP contribution in [0.2, 0.25) is 0 Å². The van der Waals surface area contributed by atoms with Crippen LogP contribution in [-0.2, 0) is 4.79 Å². The van der Waals surface area contributed by atoms with Gasteiger partial charge in [0.25, 0.3) is 5.91 Å². The van der Waals surface area contributed by atoms with E-state index in [0.29, 0.717) is 18.4 Å². The Balaban J connectivity index is 3.60. The van der Waals surface area contributed by atoms with Crippen LogP contribution in [0.1, 0.15) is 59.8 Å². The summed E-state index contributed by atoms with van der Waals surface area (Å²) in [5.41, 5.74) is 6.29. The minimum atomic E-state index is -0.734. The maximum Gasteiger partial charge on any atom is 0.323 e. The average Bonchev–Trinajstić information content (AvgIpc) is 3.30. The first-order chi connectivity index (χ1) is 18.1. The summed E-state index contributed by atoms with van der Waals surface area (Å²) in [7, 11) is 6.74. The molecule has 1 N–H and O–H groups in total. The van der Waals surface area contributed by atoms with E-state index in [4.69, 9.17) is 0 Å². The molecule has 0 aromatic heterocycles. The lowest BCUT2D eigenvalue weighted by Crippen LogP contribution is -2.40.